The molecule has 0 bridgehead atoms. The van der Waals surface area contributed by atoms with Crippen LogP contribution >= 0.6 is 11.3 Å². The highest BCUT2D eigenvalue weighted by Crippen LogP contribution is 2.18. The van der Waals surface area contributed by atoms with Gasteiger partial charge in [-0.1, -0.05) is 0 Å². The first-order chi connectivity index (χ1) is 8.81. The van der Waals surface area contributed by atoms with E-state index in [4.69, 9.17) is 0 Å². The van der Waals surface area contributed by atoms with Gasteiger partial charge in [0.05, 0.1) is 12.2 Å². The maximum atomic E-state index is 4.56. The third-order valence-corrected chi connectivity index (χ3v) is 3.22. The van der Waals surface area contributed by atoms with Crippen LogP contribution < -0.4 is 15.5 Å². The number of hydrogen-bond acceptors (Lipinski definition) is 4. The molecule has 108 valence electrons. The zero-order chi connectivity index (χ0) is 14.5. The first-order valence-electron chi connectivity index (χ1n) is 6.50. The summed E-state index contributed by atoms with van der Waals surface area (Å²) in [6, 6.07) is 0. The van der Waals surface area contributed by atoms with Gasteiger partial charge in [0, 0.05) is 31.6 Å². The van der Waals surface area contributed by atoms with Crippen LogP contribution in [0.15, 0.2) is 10.4 Å². The first-order valence-corrected chi connectivity index (χ1v) is 7.38. The summed E-state index contributed by atoms with van der Waals surface area (Å²) in [6.07, 6.45) is 0. The van der Waals surface area contributed by atoms with Gasteiger partial charge in [-0.05, 0) is 27.7 Å². The molecule has 5 nitrogen and oxygen atoms in total. The van der Waals surface area contributed by atoms with Crippen LogP contribution in [0.1, 0.15) is 33.4 Å². The highest BCUT2D eigenvalue weighted by molar-refractivity contribution is 7.13. The standard InChI is InChI=1S/C13H25N5S/c1-7-14-11(17-13(2,3)4)15-8-10-9-19-12(16-10)18(5)6/h9H,7-8H2,1-6H3,(H2,14,15,17). The summed E-state index contributed by atoms with van der Waals surface area (Å²) in [5.74, 6) is 0.828. The van der Waals surface area contributed by atoms with Gasteiger partial charge in [-0.15, -0.1) is 11.3 Å². The lowest BCUT2D eigenvalue weighted by Crippen LogP contribution is -2.47. The van der Waals surface area contributed by atoms with Crippen molar-refractivity contribution >= 4 is 22.4 Å². The third-order valence-electron chi connectivity index (χ3n) is 2.16. The number of hydrogen-bond donors (Lipinski definition) is 2. The fourth-order valence-corrected chi connectivity index (χ4v) is 2.15. The lowest BCUT2D eigenvalue weighted by atomic mass is 10.1. The van der Waals surface area contributed by atoms with E-state index in [1.54, 1.807) is 11.3 Å². The number of anilines is 1. The second-order valence-electron chi connectivity index (χ2n) is 5.59. The molecule has 0 atom stereocenters. The van der Waals surface area contributed by atoms with Crippen LogP contribution in [0, 0.1) is 0 Å². The number of aromatic nitrogens is 1. The van der Waals surface area contributed by atoms with Crippen LogP contribution in [-0.4, -0.2) is 37.1 Å². The van der Waals surface area contributed by atoms with Crippen LogP contribution in [0.4, 0.5) is 5.13 Å². The Labute approximate surface area is 120 Å². The fourth-order valence-electron chi connectivity index (χ4n) is 1.40. The molecule has 1 heterocycles. The molecule has 1 rings (SSSR count). The van der Waals surface area contributed by atoms with Crippen molar-refractivity contribution in [2.75, 3.05) is 25.5 Å². The Kier molecular flexibility index (Phi) is 5.60. The molecule has 0 aromatic carbocycles. The van der Waals surface area contributed by atoms with E-state index in [0.717, 1.165) is 23.3 Å². The first kappa shape index (κ1) is 15.8. The van der Waals surface area contributed by atoms with Crippen LogP contribution in [0.5, 0.6) is 0 Å². The minimum absolute atomic E-state index is 0.00211. The topological polar surface area (TPSA) is 52.6 Å². The van der Waals surface area contributed by atoms with Gasteiger partial charge in [-0.2, -0.15) is 0 Å². The number of guanidine groups is 1. The maximum absolute atomic E-state index is 4.56. The average molecular weight is 283 g/mol. The van der Waals surface area contributed by atoms with E-state index in [9.17, 15) is 0 Å². The van der Waals surface area contributed by atoms with E-state index < -0.39 is 0 Å². The molecule has 0 aliphatic carbocycles. The van der Waals surface area contributed by atoms with E-state index >= 15 is 0 Å². The van der Waals surface area contributed by atoms with E-state index in [1.165, 1.54) is 0 Å². The van der Waals surface area contributed by atoms with E-state index in [1.807, 2.05) is 19.0 Å². The minimum atomic E-state index is -0.00211. The predicted octanol–water partition coefficient (Wildman–Crippen LogP) is 2.06. The third kappa shape index (κ3) is 5.92. The lowest BCUT2D eigenvalue weighted by molar-refractivity contribution is 0.501. The number of aliphatic imine (C=N–C) groups is 1. The van der Waals surface area contributed by atoms with E-state index in [-0.39, 0.29) is 5.54 Å². The van der Waals surface area contributed by atoms with Crippen molar-refractivity contribution < 1.29 is 0 Å². The summed E-state index contributed by atoms with van der Waals surface area (Å²) in [5.41, 5.74) is 0.998. The van der Waals surface area contributed by atoms with Crippen molar-refractivity contribution in [3.63, 3.8) is 0 Å². The smallest absolute Gasteiger partial charge is 0.192 e. The number of nitrogens with one attached hydrogen (secondary N) is 2. The maximum Gasteiger partial charge on any atom is 0.192 e. The van der Waals surface area contributed by atoms with Gasteiger partial charge in [0.2, 0.25) is 0 Å². The summed E-state index contributed by atoms with van der Waals surface area (Å²) in [6.45, 7) is 9.86. The monoisotopic (exact) mass is 283 g/mol. The van der Waals surface area contributed by atoms with Crippen molar-refractivity contribution in [2.45, 2.75) is 39.8 Å². The molecule has 19 heavy (non-hydrogen) atoms. The van der Waals surface area contributed by atoms with Crippen LogP contribution in [0.3, 0.4) is 0 Å². The number of nitrogens with zero attached hydrogens (tertiary/aromatic N) is 3. The molecule has 0 radical (unpaired) electrons. The second kappa shape index (κ2) is 6.75. The average Bonchev–Trinajstić information content (AvgIpc) is 2.73. The van der Waals surface area contributed by atoms with Gasteiger partial charge in [0.1, 0.15) is 0 Å². The largest absolute Gasteiger partial charge is 0.357 e. The molecule has 0 amide bonds. The Balaban J connectivity index is 2.68. The molecule has 0 aliphatic heterocycles. The SMILES string of the molecule is CCNC(=NCc1csc(N(C)C)n1)NC(C)(C)C. The quantitative estimate of drug-likeness (QED) is 0.656. The Morgan fingerprint density at radius 2 is 2.11 bits per heavy atom. The molecular weight excluding hydrogens is 258 g/mol. The summed E-state index contributed by atoms with van der Waals surface area (Å²) < 4.78 is 0. The van der Waals surface area contributed by atoms with Crippen molar-refractivity contribution in [1.82, 2.24) is 15.6 Å². The molecule has 2 N–H and O–H groups in total. The molecule has 0 fully saturated rings. The second-order valence-corrected chi connectivity index (χ2v) is 6.42. The minimum Gasteiger partial charge on any atom is -0.357 e. The van der Waals surface area contributed by atoms with Gasteiger partial charge >= 0.3 is 0 Å². The molecule has 0 saturated heterocycles. The zero-order valence-corrected chi connectivity index (χ0v) is 13.6. The fraction of sp³-hybridized carbons (Fsp3) is 0.692. The zero-order valence-electron chi connectivity index (χ0n) is 12.7. The molecule has 0 spiro atoms. The van der Waals surface area contributed by atoms with Gasteiger partial charge < -0.3 is 15.5 Å². The summed E-state index contributed by atoms with van der Waals surface area (Å²) in [7, 11) is 3.99. The molecule has 1 aromatic rings. The van der Waals surface area contributed by atoms with Crippen molar-refractivity contribution in [1.29, 1.82) is 0 Å². The van der Waals surface area contributed by atoms with Crippen molar-refractivity contribution in [3.05, 3.63) is 11.1 Å². The van der Waals surface area contributed by atoms with Gasteiger partial charge in [-0.25, -0.2) is 9.98 Å². The lowest BCUT2D eigenvalue weighted by Gasteiger charge is -2.23. The molecular formula is C13H25N5S. The van der Waals surface area contributed by atoms with Gasteiger partial charge in [0.25, 0.3) is 0 Å². The Morgan fingerprint density at radius 1 is 1.42 bits per heavy atom. The predicted molar refractivity (Wildman–Crippen MR) is 84.1 cm³/mol. The van der Waals surface area contributed by atoms with E-state index in [0.29, 0.717) is 6.54 Å². The molecule has 0 saturated carbocycles. The highest BCUT2D eigenvalue weighted by atomic mass is 32.1. The summed E-state index contributed by atoms with van der Waals surface area (Å²) in [5, 5.41) is 9.67. The van der Waals surface area contributed by atoms with Crippen LogP contribution in [0.25, 0.3) is 0 Å². The van der Waals surface area contributed by atoms with Gasteiger partial charge in [0.15, 0.2) is 11.1 Å². The molecule has 1 aromatic heterocycles. The normalized spacial score (nSPS) is 12.4. The number of rotatable bonds is 4. The highest BCUT2D eigenvalue weighted by Gasteiger charge is 2.11. The van der Waals surface area contributed by atoms with Crippen molar-refractivity contribution in [3.8, 4) is 0 Å². The number of thiazole rings is 1. The van der Waals surface area contributed by atoms with Gasteiger partial charge in [-0.3, -0.25) is 0 Å². The van der Waals surface area contributed by atoms with Crippen LogP contribution in [-0.2, 0) is 6.54 Å². The van der Waals surface area contributed by atoms with Crippen molar-refractivity contribution in [2.24, 2.45) is 4.99 Å². The Bertz CT molecular complexity index is 417. The summed E-state index contributed by atoms with van der Waals surface area (Å²) >= 11 is 1.64. The van der Waals surface area contributed by atoms with Crippen LogP contribution in [0.2, 0.25) is 0 Å². The van der Waals surface area contributed by atoms with E-state index in [2.05, 4.69) is 53.7 Å². The Hall–Kier alpha value is -1.30. The molecule has 0 aliphatic rings. The molecule has 6 heteroatoms. The molecule has 0 unspecified atom stereocenters. The Morgan fingerprint density at radius 3 is 2.58 bits per heavy atom. The summed E-state index contributed by atoms with van der Waals surface area (Å²) in [4.78, 5) is 11.1.